The average molecular weight is 362 g/mol. The molecule has 0 aromatic heterocycles. The summed E-state index contributed by atoms with van der Waals surface area (Å²) in [6, 6.07) is 6.48. The predicted molar refractivity (Wildman–Crippen MR) is 90.2 cm³/mol. The van der Waals surface area contributed by atoms with Crippen LogP contribution in [0.15, 0.2) is 23.2 Å². The van der Waals surface area contributed by atoms with E-state index in [0.717, 1.165) is 12.5 Å². The van der Waals surface area contributed by atoms with Gasteiger partial charge in [0.25, 0.3) is 0 Å². The van der Waals surface area contributed by atoms with Gasteiger partial charge in [0.1, 0.15) is 0 Å². The Kier molecular flexibility index (Phi) is 7.73. The maximum atomic E-state index is 4.08. The molecule has 102 valence electrons. The molecule has 1 aromatic carbocycles. The van der Waals surface area contributed by atoms with E-state index < -0.39 is 0 Å². The van der Waals surface area contributed by atoms with Crippen molar-refractivity contribution in [2.45, 2.75) is 13.5 Å². The van der Waals surface area contributed by atoms with E-state index in [1.54, 1.807) is 7.05 Å². The molecule has 0 unspecified atom stereocenters. The lowest BCUT2D eigenvalue weighted by Crippen LogP contribution is -2.34. The Morgan fingerprint density at radius 3 is 2.44 bits per heavy atom. The van der Waals surface area contributed by atoms with Crippen molar-refractivity contribution in [2.75, 3.05) is 33.1 Å². The van der Waals surface area contributed by atoms with Gasteiger partial charge in [-0.05, 0) is 30.2 Å². The van der Waals surface area contributed by atoms with Crippen molar-refractivity contribution in [3.63, 3.8) is 0 Å². The van der Waals surface area contributed by atoms with E-state index in [-0.39, 0.29) is 24.0 Å². The van der Waals surface area contributed by atoms with Gasteiger partial charge in [0.15, 0.2) is 5.96 Å². The molecule has 0 amide bonds. The van der Waals surface area contributed by atoms with E-state index in [9.17, 15) is 0 Å². The first-order valence-electron chi connectivity index (χ1n) is 5.73. The summed E-state index contributed by atoms with van der Waals surface area (Å²) in [5.74, 6) is 0.807. The molecule has 0 spiro atoms. The number of nitrogens with one attached hydrogen (secondary N) is 2. The van der Waals surface area contributed by atoms with Gasteiger partial charge >= 0.3 is 0 Å². The summed E-state index contributed by atoms with van der Waals surface area (Å²) >= 11 is 0. The third-order valence-corrected chi connectivity index (χ3v) is 2.75. The third kappa shape index (κ3) is 4.72. The Balaban J connectivity index is 0.00000289. The Labute approximate surface area is 127 Å². The molecule has 0 aliphatic heterocycles. The lowest BCUT2D eigenvalue weighted by molar-refractivity contribution is 0.859. The number of hydrogen-bond acceptors (Lipinski definition) is 2. The molecule has 5 heteroatoms. The molecule has 0 saturated heterocycles. The summed E-state index contributed by atoms with van der Waals surface area (Å²) in [7, 11) is 7.73. The lowest BCUT2D eigenvalue weighted by Gasteiger charge is -2.16. The first kappa shape index (κ1) is 17.0. The predicted octanol–water partition coefficient (Wildman–Crippen LogP) is 1.97. The summed E-state index contributed by atoms with van der Waals surface area (Å²) in [5.41, 5.74) is 3.80. The molecule has 0 radical (unpaired) electrons. The van der Waals surface area contributed by atoms with Crippen molar-refractivity contribution in [1.82, 2.24) is 10.6 Å². The highest BCUT2D eigenvalue weighted by Crippen LogP contribution is 2.17. The van der Waals surface area contributed by atoms with Crippen LogP contribution in [0.5, 0.6) is 0 Å². The number of halogens is 1. The molecule has 0 aliphatic rings. The summed E-state index contributed by atoms with van der Waals surface area (Å²) in [5, 5.41) is 6.25. The van der Waals surface area contributed by atoms with Gasteiger partial charge in [0.05, 0.1) is 0 Å². The fourth-order valence-electron chi connectivity index (χ4n) is 1.61. The van der Waals surface area contributed by atoms with Gasteiger partial charge in [-0.25, -0.2) is 0 Å². The second-order valence-corrected chi connectivity index (χ2v) is 4.18. The second kappa shape index (κ2) is 8.18. The maximum Gasteiger partial charge on any atom is 0.190 e. The van der Waals surface area contributed by atoms with Crippen LogP contribution >= 0.6 is 24.0 Å². The first-order valence-corrected chi connectivity index (χ1v) is 5.73. The standard InChI is InChI=1S/C13H22N4.HI/c1-10-8-12(17(4)5)7-6-11(10)9-16-13(14-2)15-3;/h6-8H,9H2,1-5H3,(H2,14,15,16);1H. The van der Waals surface area contributed by atoms with Crippen LogP contribution < -0.4 is 15.5 Å². The third-order valence-electron chi connectivity index (χ3n) is 2.75. The van der Waals surface area contributed by atoms with Crippen LogP contribution in [-0.4, -0.2) is 34.2 Å². The number of anilines is 1. The topological polar surface area (TPSA) is 39.7 Å². The van der Waals surface area contributed by atoms with Crippen LogP contribution in [0.2, 0.25) is 0 Å². The van der Waals surface area contributed by atoms with Crippen LogP contribution in [0, 0.1) is 6.92 Å². The van der Waals surface area contributed by atoms with E-state index in [4.69, 9.17) is 0 Å². The van der Waals surface area contributed by atoms with Gasteiger partial charge in [-0.3, -0.25) is 4.99 Å². The summed E-state index contributed by atoms with van der Waals surface area (Å²) in [6.45, 7) is 2.92. The highest BCUT2D eigenvalue weighted by atomic mass is 127. The molecule has 1 rings (SSSR count). The minimum absolute atomic E-state index is 0. The van der Waals surface area contributed by atoms with Crippen LogP contribution in [0.1, 0.15) is 11.1 Å². The van der Waals surface area contributed by atoms with E-state index in [2.05, 4.69) is 59.7 Å². The van der Waals surface area contributed by atoms with Crippen molar-refractivity contribution in [1.29, 1.82) is 0 Å². The van der Waals surface area contributed by atoms with Crippen LogP contribution in [0.25, 0.3) is 0 Å². The van der Waals surface area contributed by atoms with Crippen molar-refractivity contribution < 1.29 is 0 Å². The zero-order chi connectivity index (χ0) is 12.8. The van der Waals surface area contributed by atoms with Crippen molar-refractivity contribution in [2.24, 2.45) is 4.99 Å². The zero-order valence-corrected chi connectivity index (χ0v) is 14.1. The maximum absolute atomic E-state index is 4.08. The summed E-state index contributed by atoms with van der Waals surface area (Å²) < 4.78 is 0. The monoisotopic (exact) mass is 362 g/mol. The number of nitrogens with zero attached hydrogens (tertiary/aromatic N) is 2. The van der Waals surface area contributed by atoms with Gasteiger partial charge in [-0.15, -0.1) is 24.0 Å². The highest BCUT2D eigenvalue weighted by molar-refractivity contribution is 14.0. The number of aliphatic imine (C=N–C) groups is 1. The quantitative estimate of drug-likeness (QED) is 0.491. The van der Waals surface area contributed by atoms with Gasteiger partial charge in [-0.2, -0.15) is 0 Å². The fourth-order valence-corrected chi connectivity index (χ4v) is 1.61. The summed E-state index contributed by atoms with van der Waals surface area (Å²) in [6.07, 6.45) is 0. The Hall–Kier alpha value is -0.980. The molecule has 1 aromatic rings. The van der Waals surface area contributed by atoms with Crippen LogP contribution in [0.3, 0.4) is 0 Å². The highest BCUT2D eigenvalue weighted by Gasteiger charge is 2.02. The minimum atomic E-state index is 0. The van der Waals surface area contributed by atoms with E-state index in [0.29, 0.717) is 0 Å². The van der Waals surface area contributed by atoms with E-state index >= 15 is 0 Å². The van der Waals surface area contributed by atoms with Gasteiger partial charge < -0.3 is 15.5 Å². The van der Waals surface area contributed by atoms with E-state index in [1.807, 2.05) is 7.05 Å². The zero-order valence-electron chi connectivity index (χ0n) is 11.7. The molecule has 18 heavy (non-hydrogen) atoms. The minimum Gasteiger partial charge on any atom is -0.378 e. The number of aryl methyl sites for hydroxylation is 1. The average Bonchev–Trinajstić information content (AvgIpc) is 2.31. The van der Waals surface area contributed by atoms with Crippen molar-refractivity contribution in [3.05, 3.63) is 29.3 Å². The number of guanidine groups is 1. The molecule has 2 N–H and O–H groups in total. The molecule has 0 atom stereocenters. The molecule has 4 nitrogen and oxygen atoms in total. The largest absolute Gasteiger partial charge is 0.378 e. The number of rotatable bonds is 3. The van der Waals surface area contributed by atoms with Gasteiger partial charge in [0, 0.05) is 40.4 Å². The molecule has 0 heterocycles. The first-order chi connectivity index (χ1) is 8.08. The molecule has 0 aliphatic carbocycles. The van der Waals surface area contributed by atoms with Crippen LogP contribution in [-0.2, 0) is 6.54 Å². The van der Waals surface area contributed by atoms with Gasteiger partial charge in [0.2, 0.25) is 0 Å². The molecule has 0 fully saturated rings. The number of benzene rings is 1. The molecular weight excluding hydrogens is 339 g/mol. The molecular formula is C13H23IN4. The van der Waals surface area contributed by atoms with Crippen molar-refractivity contribution >= 4 is 35.6 Å². The summed E-state index contributed by atoms with van der Waals surface area (Å²) in [4.78, 5) is 6.19. The molecule has 0 bridgehead atoms. The molecule has 0 saturated carbocycles. The Bertz CT molecular complexity index is 402. The SMILES string of the molecule is CN=C(NC)NCc1ccc(N(C)C)cc1C.I. The Morgan fingerprint density at radius 2 is 2.00 bits per heavy atom. The van der Waals surface area contributed by atoms with Crippen LogP contribution in [0.4, 0.5) is 5.69 Å². The number of hydrogen-bond donors (Lipinski definition) is 2. The normalized spacial score (nSPS) is 10.6. The van der Waals surface area contributed by atoms with Crippen molar-refractivity contribution in [3.8, 4) is 0 Å². The smallest absolute Gasteiger partial charge is 0.190 e. The second-order valence-electron chi connectivity index (χ2n) is 4.18. The lowest BCUT2D eigenvalue weighted by atomic mass is 10.1. The Morgan fingerprint density at radius 1 is 1.33 bits per heavy atom. The van der Waals surface area contributed by atoms with E-state index in [1.165, 1.54) is 16.8 Å². The fraction of sp³-hybridized carbons (Fsp3) is 0.462. The van der Waals surface area contributed by atoms with Gasteiger partial charge in [-0.1, -0.05) is 6.07 Å².